The monoisotopic (exact) mass is 536 g/mol. The molecule has 0 unspecified atom stereocenters. The van der Waals surface area contributed by atoms with Gasteiger partial charge < -0.3 is 14.2 Å². The maximum atomic E-state index is 14.5. The third-order valence-corrected chi connectivity index (χ3v) is 6.39. The molecule has 0 fully saturated rings. The first-order valence-electron chi connectivity index (χ1n) is 10.5. The van der Waals surface area contributed by atoms with Gasteiger partial charge >= 0.3 is 5.97 Å². The summed E-state index contributed by atoms with van der Waals surface area (Å²) in [5.41, 5.74) is 0.482. The molecule has 37 heavy (non-hydrogen) atoms. The molecule has 0 amide bonds. The van der Waals surface area contributed by atoms with Gasteiger partial charge in [0.2, 0.25) is 11.7 Å². The minimum atomic E-state index is -2.28. The van der Waals surface area contributed by atoms with Crippen molar-refractivity contribution in [3.05, 3.63) is 88.9 Å². The van der Waals surface area contributed by atoms with Crippen molar-refractivity contribution in [2.75, 3.05) is 14.2 Å². The number of carbonyl (C=O) groups excluding carboxylic acids is 1. The zero-order valence-corrected chi connectivity index (χ0v) is 20.3. The van der Waals surface area contributed by atoms with Crippen LogP contribution in [0.4, 0.5) is 22.0 Å². The average molecular weight is 536 g/mol. The third-order valence-electron chi connectivity index (χ3n) is 5.16. The van der Waals surface area contributed by atoms with E-state index in [-0.39, 0.29) is 39.5 Å². The van der Waals surface area contributed by atoms with Crippen molar-refractivity contribution in [1.29, 1.82) is 0 Å². The van der Waals surface area contributed by atoms with Gasteiger partial charge in [0.05, 0.1) is 35.4 Å². The molecule has 0 N–H and O–H groups in total. The minimum absolute atomic E-state index is 0.0195. The maximum absolute atomic E-state index is 14.5. The number of aromatic nitrogens is 2. The second kappa shape index (κ2) is 10.5. The Hall–Kier alpha value is -4.06. The number of esters is 1. The minimum Gasteiger partial charge on any atom is -0.497 e. The van der Waals surface area contributed by atoms with E-state index in [4.69, 9.17) is 14.2 Å². The summed E-state index contributed by atoms with van der Waals surface area (Å²) in [5.74, 6) is -11.3. The highest BCUT2D eigenvalue weighted by molar-refractivity contribution is 7.99. The highest BCUT2D eigenvalue weighted by Crippen LogP contribution is 2.43. The van der Waals surface area contributed by atoms with Gasteiger partial charge in [0.1, 0.15) is 17.1 Å². The smallest absolute Gasteiger partial charge is 0.348 e. The fourth-order valence-corrected chi connectivity index (χ4v) is 4.30. The first kappa shape index (κ1) is 26.0. The summed E-state index contributed by atoms with van der Waals surface area (Å²) >= 11 is 0.191. The molecule has 6 nitrogen and oxygen atoms in total. The number of rotatable bonds is 7. The van der Waals surface area contributed by atoms with Crippen LogP contribution in [0.3, 0.4) is 0 Å². The van der Waals surface area contributed by atoms with Crippen LogP contribution in [0.1, 0.15) is 16.1 Å². The van der Waals surface area contributed by atoms with E-state index in [1.165, 1.54) is 44.0 Å². The molecule has 1 aromatic heterocycles. The van der Waals surface area contributed by atoms with Crippen molar-refractivity contribution in [3.63, 3.8) is 0 Å². The number of aryl methyl sites for hydroxylation is 1. The van der Waals surface area contributed by atoms with E-state index in [1.807, 2.05) is 0 Å². The van der Waals surface area contributed by atoms with Crippen LogP contribution in [0, 0.1) is 36.0 Å². The molecule has 0 bridgehead atoms. The van der Waals surface area contributed by atoms with Crippen LogP contribution < -0.4 is 14.2 Å². The van der Waals surface area contributed by atoms with Crippen molar-refractivity contribution >= 4 is 17.7 Å². The molecule has 12 heteroatoms. The summed E-state index contributed by atoms with van der Waals surface area (Å²) in [6.07, 6.45) is 0. The molecule has 0 radical (unpaired) electrons. The van der Waals surface area contributed by atoms with Crippen molar-refractivity contribution in [2.45, 2.75) is 16.7 Å². The Morgan fingerprint density at radius 1 is 0.838 bits per heavy atom. The van der Waals surface area contributed by atoms with Gasteiger partial charge in [0, 0.05) is 6.07 Å². The van der Waals surface area contributed by atoms with Crippen LogP contribution in [0.2, 0.25) is 0 Å². The van der Waals surface area contributed by atoms with Gasteiger partial charge in [-0.25, -0.2) is 26.7 Å². The van der Waals surface area contributed by atoms with Crippen molar-refractivity contribution < 1.29 is 41.0 Å². The molecule has 3 aromatic carbocycles. The number of hydrogen-bond acceptors (Lipinski definition) is 6. The van der Waals surface area contributed by atoms with Crippen LogP contribution in [0.15, 0.2) is 58.3 Å². The number of para-hydroxylation sites is 1. The zero-order chi connectivity index (χ0) is 26.9. The lowest BCUT2D eigenvalue weighted by molar-refractivity contribution is 0.0715. The molecule has 1 heterocycles. The standard InChI is InChI=1S/C25H17F5N2O4S/c1-12-22(37-23-20(29)18(27)17(26)19(28)21(23)30)24(32(31-12)13-7-5-4-6-8-13)36-25(33)15-10-9-14(34-2)11-16(15)35-3/h4-11H,1-3H3. The van der Waals surface area contributed by atoms with Crippen molar-refractivity contribution in [1.82, 2.24) is 9.78 Å². The third kappa shape index (κ3) is 4.84. The van der Waals surface area contributed by atoms with Crippen LogP contribution >= 0.6 is 11.8 Å². The first-order chi connectivity index (χ1) is 17.7. The predicted molar refractivity (Wildman–Crippen MR) is 123 cm³/mol. The average Bonchev–Trinajstić information content (AvgIpc) is 3.22. The van der Waals surface area contributed by atoms with Gasteiger partial charge in [-0.2, -0.15) is 9.78 Å². The molecule has 192 valence electrons. The molecule has 0 saturated carbocycles. The Bertz CT molecular complexity index is 1470. The van der Waals surface area contributed by atoms with Gasteiger partial charge in [-0.15, -0.1) is 0 Å². The number of halogens is 5. The number of benzene rings is 3. The molecule has 0 saturated heterocycles. The molecular weight excluding hydrogens is 519 g/mol. The van der Waals surface area contributed by atoms with Gasteiger partial charge in [-0.3, -0.25) is 0 Å². The highest BCUT2D eigenvalue weighted by Gasteiger charge is 2.30. The normalized spacial score (nSPS) is 10.9. The SMILES string of the molecule is COc1ccc(C(=O)Oc2c(Sc3c(F)c(F)c(F)c(F)c3F)c(C)nn2-c2ccccc2)c(OC)c1. The van der Waals surface area contributed by atoms with Crippen LogP contribution in [-0.2, 0) is 0 Å². The van der Waals surface area contributed by atoms with Gasteiger partial charge in [-0.1, -0.05) is 30.0 Å². The molecule has 0 spiro atoms. The number of ether oxygens (including phenoxy) is 3. The van der Waals surface area contributed by atoms with Gasteiger partial charge in [0.25, 0.3) is 0 Å². The van der Waals surface area contributed by atoms with E-state index in [1.54, 1.807) is 30.3 Å². The first-order valence-corrected chi connectivity index (χ1v) is 11.3. The van der Waals surface area contributed by atoms with Gasteiger partial charge in [0.15, 0.2) is 23.3 Å². The number of methoxy groups -OCH3 is 2. The molecule has 0 aliphatic carbocycles. The Kier molecular flexibility index (Phi) is 7.39. The lowest BCUT2D eigenvalue weighted by atomic mass is 10.2. The summed E-state index contributed by atoms with van der Waals surface area (Å²) in [7, 11) is 2.76. The van der Waals surface area contributed by atoms with Crippen LogP contribution in [0.5, 0.6) is 17.4 Å². The number of carbonyl (C=O) groups is 1. The fourth-order valence-electron chi connectivity index (χ4n) is 3.33. The topological polar surface area (TPSA) is 62.6 Å². The fraction of sp³-hybridized carbons (Fsp3) is 0.120. The second-order valence-corrected chi connectivity index (χ2v) is 8.44. The summed E-state index contributed by atoms with van der Waals surface area (Å²) in [4.78, 5) is 11.8. The van der Waals surface area contributed by atoms with E-state index in [9.17, 15) is 26.7 Å². The maximum Gasteiger partial charge on any atom is 0.348 e. The van der Waals surface area contributed by atoms with E-state index in [0.29, 0.717) is 11.4 Å². The number of hydrogen-bond donors (Lipinski definition) is 0. The van der Waals surface area contributed by atoms with Crippen LogP contribution in [-0.4, -0.2) is 30.0 Å². The second-order valence-electron chi connectivity index (χ2n) is 7.42. The zero-order valence-electron chi connectivity index (χ0n) is 19.4. The lowest BCUT2D eigenvalue weighted by Gasteiger charge is -2.13. The Balaban J connectivity index is 1.85. The van der Waals surface area contributed by atoms with E-state index < -0.39 is 40.0 Å². The molecule has 0 aliphatic rings. The lowest BCUT2D eigenvalue weighted by Crippen LogP contribution is -2.13. The van der Waals surface area contributed by atoms with Crippen molar-refractivity contribution in [3.8, 4) is 23.1 Å². The molecule has 0 aliphatic heterocycles. The summed E-state index contributed by atoms with van der Waals surface area (Å²) in [6.45, 7) is 1.43. The molecule has 0 atom stereocenters. The largest absolute Gasteiger partial charge is 0.497 e. The molecule has 4 rings (SSSR count). The Morgan fingerprint density at radius 3 is 2.05 bits per heavy atom. The summed E-state index contributed by atoms with van der Waals surface area (Å²) < 4.78 is 87.3. The highest BCUT2D eigenvalue weighted by atomic mass is 32.2. The van der Waals surface area contributed by atoms with Crippen LogP contribution in [0.25, 0.3) is 5.69 Å². The molecule has 4 aromatic rings. The van der Waals surface area contributed by atoms with Gasteiger partial charge in [-0.05, 0) is 31.2 Å². The van der Waals surface area contributed by atoms with Crippen molar-refractivity contribution in [2.24, 2.45) is 0 Å². The number of nitrogens with zero attached hydrogens (tertiary/aromatic N) is 2. The predicted octanol–water partition coefficient (Wildman–Crippen LogP) is 6.26. The Labute approximate surface area is 211 Å². The van der Waals surface area contributed by atoms with E-state index >= 15 is 0 Å². The Morgan fingerprint density at radius 2 is 1.46 bits per heavy atom. The van der Waals surface area contributed by atoms with E-state index in [0.717, 1.165) is 0 Å². The summed E-state index contributed by atoms with van der Waals surface area (Å²) in [6, 6.07) is 12.6. The summed E-state index contributed by atoms with van der Waals surface area (Å²) in [5, 5.41) is 4.28. The van der Waals surface area contributed by atoms with E-state index in [2.05, 4.69) is 5.10 Å². The quantitative estimate of drug-likeness (QED) is 0.120. The molecular formula is C25H17F5N2O4S.